The summed E-state index contributed by atoms with van der Waals surface area (Å²) in [5, 5.41) is 0. The number of halogens is 2. The average Bonchev–Trinajstić information content (AvgIpc) is 3.78. The van der Waals surface area contributed by atoms with E-state index in [4.69, 9.17) is 15.0 Å². The van der Waals surface area contributed by atoms with Crippen LogP contribution in [0.3, 0.4) is 0 Å². The lowest BCUT2D eigenvalue weighted by Crippen LogP contribution is -2.24. The van der Waals surface area contributed by atoms with E-state index in [9.17, 15) is 0 Å². The lowest BCUT2D eigenvalue weighted by molar-refractivity contribution is 0.503. The minimum Gasteiger partial charge on any atom is -0.337 e. The molecule has 48 heavy (non-hydrogen) atoms. The Hall–Kier alpha value is -6.27. The van der Waals surface area contributed by atoms with Crippen molar-refractivity contribution in [3.8, 4) is 33.6 Å². The van der Waals surface area contributed by atoms with E-state index in [2.05, 4.69) is 4.98 Å². The molecule has 0 bridgehead atoms. The quantitative estimate of drug-likeness (QED) is 0.188. The van der Waals surface area contributed by atoms with Gasteiger partial charge in [-0.2, -0.15) is 0 Å². The average molecular weight is 627 g/mol. The van der Waals surface area contributed by atoms with Gasteiger partial charge in [0.1, 0.15) is 11.6 Å². The number of aromatic amines is 1. The predicted molar refractivity (Wildman–Crippen MR) is 188 cm³/mol. The largest absolute Gasteiger partial charge is 0.337 e. The fourth-order valence-corrected chi connectivity index (χ4v) is 6.30. The van der Waals surface area contributed by atoms with E-state index in [0.717, 1.165) is 22.3 Å². The molecule has 0 unspecified atom stereocenters. The molecule has 0 aliphatic carbocycles. The van der Waals surface area contributed by atoms with Gasteiger partial charge in [0.05, 0.1) is 22.8 Å². The summed E-state index contributed by atoms with van der Waals surface area (Å²) in [6.07, 6.45) is 0. The fourth-order valence-electron chi connectivity index (χ4n) is 6.30. The Morgan fingerprint density at radius 3 is 1.46 bits per heavy atom. The van der Waals surface area contributed by atoms with Crippen LogP contribution >= 0.6 is 0 Å². The van der Waals surface area contributed by atoms with Crippen LogP contribution in [0.15, 0.2) is 174 Å². The van der Waals surface area contributed by atoms with Gasteiger partial charge in [-0.25, -0.2) is 23.7 Å². The second kappa shape index (κ2) is 12.2. The minimum absolute atomic E-state index is 0.256. The maximum absolute atomic E-state index is 16.1. The van der Waals surface area contributed by atoms with Gasteiger partial charge in [-0.1, -0.05) is 152 Å². The van der Waals surface area contributed by atoms with Crippen LogP contribution in [-0.2, 0) is 5.66 Å². The first-order valence-corrected chi connectivity index (χ1v) is 15.7. The lowest BCUT2D eigenvalue weighted by atomic mass is 9.95. The Kier molecular flexibility index (Phi) is 7.38. The Balaban J connectivity index is 1.45. The zero-order valence-electron chi connectivity index (χ0n) is 25.7. The summed E-state index contributed by atoms with van der Waals surface area (Å²) in [6, 6.07) is 50.2. The molecule has 1 aliphatic heterocycles. The third-order valence-corrected chi connectivity index (χ3v) is 8.56. The molecule has 0 atom stereocenters. The van der Waals surface area contributed by atoms with Gasteiger partial charge < -0.3 is 4.98 Å². The Morgan fingerprint density at radius 1 is 0.438 bits per heavy atom. The summed E-state index contributed by atoms with van der Waals surface area (Å²) in [4.78, 5) is 19.4. The van der Waals surface area contributed by atoms with E-state index in [-0.39, 0.29) is 11.4 Å². The van der Waals surface area contributed by atoms with E-state index in [1.165, 1.54) is 12.1 Å². The van der Waals surface area contributed by atoms with Crippen molar-refractivity contribution < 1.29 is 8.78 Å². The van der Waals surface area contributed by atoms with E-state index in [1.807, 2.05) is 121 Å². The summed E-state index contributed by atoms with van der Waals surface area (Å²) in [5.41, 5.74) is 5.57. The molecule has 4 nitrogen and oxygen atoms in total. The molecule has 0 amide bonds. The van der Waals surface area contributed by atoms with Gasteiger partial charge >= 0.3 is 0 Å². The molecule has 7 aromatic rings. The third kappa shape index (κ3) is 5.04. The Bertz CT molecular complexity index is 2250. The first kappa shape index (κ1) is 29.2. The second-order valence-electron chi connectivity index (χ2n) is 11.5. The zero-order chi connectivity index (χ0) is 32.5. The number of hydrogen-bond acceptors (Lipinski definition) is 3. The van der Waals surface area contributed by atoms with Crippen molar-refractivity contribution in [1.82, 2.24) is 9.97 Å². The van der Waals surface area contributed by atoms with Gasteiger partial charge in [0.15, 0.2) is 5.82 Å². The first-order valence-electron chi connectivity index (χ1n) is 15.7. The summed E-state index contributed by atoms with van der Waals surface area (Å²) < 4.78 is 31.4. The van der Waals surface area contributed by atoms with Crippen molar-refractivity contribution in [3.63, 3.8) is 0 Å². The van der Waals surface area contributed by atoms with Crippen LogP contribution in [0, 0.1) is 11.6 Å². The molecule has 6 heteroatoms. The van der Waals surface area contributed by atoms with Crippen molar-refractivity contribution in [1.29, 1.82) is 0 Å². The van der Waals surface area contributed by atoms with Crippen molar-refractivity contribution in [2.45, 2.75) is 5.66 Å². The van der Waals surface area contributed by atoms with Crippen LogP contribution in [-0.4, -0.2) is 21.4 Å². The smallest absolute Gasteiger partial charge is 0.237 e. The predicted octanol–water partition coefficient (Wildman–Crippen LogP) is 9.88. The molecule has 0 spiro atoms. The number of imidazole rings is 1. The van der Waals surface area contributed by atoms with Crippen LogP contribution in [0.2, 0.25) is 0 Å². The van der Waals surface area contributed by atoms with Gasteiger partial charge in [-0.15, -0.1) is 0 Å². The standard InChI is InChI=1S/C42H28F2N4/c43-35-26-14-12-23-32(35)31-22-10-11-24-33(31)40-37(28-16-4-1-5-17-28)45-41(46-40)42(34-25-13-15-27-36(34)44)47-38(29-18-6-2-7-19-29)39(48-42)30-20-8-3-9-21-30/h1-27H,(H,45,46). The molecule has 0 fully saturated rings. The maximum Gasteiger partial charge on any atom is 0.237 e. The summed E-state index contributed by atoms with van der Waals surface area (Å²) in [6.45, 7) is 0. The van der Waals surface area contributed by atoms with E-state index < -0.39 is 11.5 Å². The minimum atomic E-state index is -1.60. The molecule has 6 aromatic carbocycles. The number of rotatable bonds is 7. The fraction of sp³-hybridized carbons (Fsp3) is 0.0238. The molecular formula is C42H28F2N4. The SMILES string of the molecule is Fc1ccccc1-c1ccccc1-c1[nH]c(C2(c3ccccc3F)N=C(c3ccccc3)C(c3ccccc3)=N2)nc1-c1ccccc1. The van der Waals surface area contributed by atoms with Crippen molar-refractivity contribution in [2.75, 3.05) is 0 Å². The molecule has 1 aliphatic rings. The number of hydrogen-bond donors (Lipinski definition) is 1. The number of nitrogens with one attached hydrogen (secondary N) is 1. The highest BCUT2D eigenvalue weighted by Gasteiger charge is 2.45. The van der Waals surface area contributed by atoms with Gasteiger partial charge in [0.25, 0.3) is 0 Å². The second-order valence-corrected chi connectivity index (χ2v) is 11.5. The molecule has 2 heterocycles. The van der Waals surface area contributed by atoms with Gasteiger partial charge in [0.2, 0.25) is 5.66 Å². The van der Waals surface area contributed by atoms with Crippen LogP contribution < -0.4 is 0 Å². The normalized spacial score (nSPS) is 13.6. The summed E-state index contributed by atoms with van der Waals surface area (Å²) in [5.74, 6) is -0.458. The first-order chi connectivity index (χ1) is 23.6. The Morgan fingerprint density at radius 2 is 0.896 bits per heavy atom. The molecule has 0 radical (unpaired) electrons. The van der Waals surface area contributed by atoms with Gasteiger partial charge in [0, 0.05) is 33.4 Å². The van der Waals surface area contributed by atoms with E-state index in [1.54, 1.807) is 30.3 Å². The van der Waals surface area contributed by atoms with Crippen molar-refractivity contribution >= 4 is 11.4 Å². The highest BCUT2D eigenvalue weighted by molar-refractivity contribution is 6.54. The highest BCUT2D eigenvalue weighted by atomic mass is 19.1. The van der Waals surface area contributed by atoms with E-state index >= 15 is 8.78 Å². The number of aromatic nitrogens is 2. The molecule has 0 saturated heterocycles. The summed E-state index contributed by atoms with van der Waals surface area (Å²) in [7, 11) is 0. The van der Waals surface area contributed by atoms with Crippen LogP contribution in [0.25, 0.3) is 33.6 Å². The number of aliphatic imine (C=N–C) groups is 2. The van der Waals surface area contributed by atoms with Crippen LogP contribution in [0.1, 0.15) is 22.5 Å². The molecule has 230 valence electrons. The number of H-pyrrole nitrogens is 1. The summed E-state index contributed by atoms with van der Waals surface area (Å²) >= 11 is 0. The highest BCUT2D eigenvalue weighted by Crippen LogP contribution is 2.45. The van der Waals surface area contributed by atoms with Gasteiger partial charge in [-0.3, -0.25) is 0 Å². The van der Waals surface area contributed by atoms with Crippen molar-refractivity contribution in [2.24, 2.45) is 9.98 Å². The molecule has 1 N–H and O–H groups in total. The lowest BCUT2D eigenvalue weighted by Gasteiger charge is -2.22. The monoisotopic (exact) mass is 626 g/mol. The number of nitrogens with zero attached hydrogens (tertiary/aromatic N) is 3. The maximum atomic E-state index is 16.1. The van der Waals surface area contributed by atoms with Gasteiger partial charge in [-0.05, 0) is 17.7 Å². The van der Waals surface area contributed by atoms with E-state index in [0.29, 0.717) is 39.8 Å². The Labute approximate surface area is 276 Å². The molecule has 0 saturated carbocycles. The zero-order valence-corrected chi connectivity index (χ0v) is 25.7. The topological polar surface area (TPSA) is 53.4 Å². The molecule has 8 rings (SSSR count). The van der Waals surface area contributed by atoms with Crippen molar-refractivity contribution in [3.05, 3.63) is 198 Å². The van der Waals surface area contributed by atoms with Crippen LogP contribution in [0.5, 0.6) is 0 Å². The number of benzene rings is 6. The van der Waals surface area contributed by atoms with Crippen LogP contribution in [0.4, 0.5) is 8.78 Å². The molecule has 1 aromatic heterocycles. The third-order valence-electron chi connectivity index (χ3n) is 8.56. The molecular weight excluding hydrogens is 598 g/mol.